The van der Waals surface area contributed by atoms with Crippen LogP contribution in [0.3, 0.4) is 0 Å². The Kier molecular flexibility index (Phi) is 3.68. The van der Waals surface area contributed by atoms with Gasteiger partial charge in [-0.05, 0) is 34.5 Å². The predicted molar refractivity (Wildman–Crippen MR) is 76.2 cm³/mol. The van der Waals surface area contributed by atoms with Crippen LogP contribution in [0, 0.1) is 0 Å². The molecule has 2 atom stereocenters. The molecule has 17 heavy (non-hydrogen) atoms. The van der Waals surface area contributed by atoms with Crippen molar-refractivity contribution in [2.45, 2.75) is 24.1 Å². The maximum Gasteiger partial charge on any atom is 0.244 e. The van der Waals surface area contributed by atoms with Crippen molar-refractivity contribution < 1.29 is 4.79 Å². The highest BCUT2D eigenvalue weighted by molar-refractivity contribution is 9.10. The van der Waals surface area contributed by atoms with Gasteiger partial charge in [0, 0.05) is 21.2 Å². The van der Waals surface area contributed by atoms with Gasteiger partial charge < -0.3 is 11.1 Å². The lowest BCUT2D eigenvalue weighted by Crippen LogP contribution is -2.51. The Morgan fingerprint density at radius 1 is 1.59 bits per heavy atom. The molecule has 0 aliphatic carbocycles. The second kappa shape index (κ2) is 4.90. The average molecular weight is 315 g/mol. The number of nitrogens with two attached hydrogens (primary N) is 1. The highest BCUT2D eigenvalue weighted by Gasteiger charge is 2.43. The zero-order chi connectivity index (χ0) is 12.5. The van der Waals surface area contributed by atoms with Gasteiger partial charge in [-0.25, -0.2) is 0 Å². The summed E-state index contributed by atoms with van der Waals surface area (Å²) < 4.78 is 0.949. The summed E-state index contributed by atoms with van der Waals surface area (Å²) in [6.07, 6.45) is 0.772. The van der Waals surface area contributed by atoms with E-state index in [2.05, 4.69) is 28.2 Å². The van der Waals surface area contributed by atoms with Crippen LogP contribution in [0.2, 0.25) is 0 Å². The van der Waals surface area contributed by atoms with Gasteiger partial charge in [0.15, 0.2) is 0 Å². The van der Waals surface area contributed by atoms with Gasteiger partial charge in [0.25, 0.3) is 0 Å². The Labute approximate surface area is 114 Å². The lowest BCUT2D eigenvalue weighted by Gasteiger charge is -2.28. The number of nitrogens with one attached hydrogen (secondary N) is 1. The van der Waals surface area contributed by atoms with Crippen LogP contribution in [0.4, 0.5) is 5.69 Å². The lowest BCUT2D eigenvalue weighted by atomic mass is 9.95. The summed E-state index contributed by atoms with van der Waals surface area (Å²) in [5, 5.41) is 3.77. The van der Waals surface area contributed by atoms with Gasteiger partial charge in [-0.2, -0.15) is 11.8 Å². The molecule has 1 aliphatic rings. The number of hydrogen-bond donors (Lipinski definition) is 2. The van der Waals surface area contributed by atoms with Gasteiger partial charge >= 0.3 is 0 Å². The van der Waals surface area contributed by atoms with Crippen molar-refractivity contribution in [3.05, 3.63) is 28.7 Å². The van der Waals surface area contributed by atoms with E-state index < -0.39 is 5.54 Å². The largest absolute Gasteiger partial charge is 0.370 e. The summed E-state index contributed by atoms with van der Waals surface area (Å²) in [4.78, 5) is 11.7. The highest BCUT2D eigenvalue weighted by atomic mass is 79.9. The van der Waals surface area contributed by atoms with E-state index in [0.29, 0.717) is 5.25 Å². The quantitative estimate of drug-likeness (QED) is 0.901. The number of carbonyl (C=O) groups excluding carboxylic acids is 1. The number of anilines is 1. The number of benzene rings is 1. The molecule has 1 aliphatic heterocycles. The first-order valence-electron chi connectivity index (χ1n) is 5.48. The van der Waals surface area contributed by atoms with Crippen LogP contribution in [0.1, 0.15) is 13.3 Å². The molecular formula is C12H15BrN2OS. The molecule has 5 heteroatoms. The van der Waals surface area contributed by atoms with Crippen molar-refractivity contribution in [3.8, 4) is 0 Å². The minimum atomic E-state index is -0.617. The summed E-state index contributed by atoms with van der Waals surface area (Å²) in [5.74, 6) is 0.454. The smallest absolute Gasteiger partial charge is 0.244 e. The van der Waals surface area contributed by atoms with E-state index in [1.165, 1.54) is 0 Å². The molecule has 2 rings (SSSR count). The summed E-state index contributed by atoms with van der Waals surface area (Å²) >= 11 is 5.25. The van der Waals surface area contributed by atoms with Gasteiger partial charge in [0.05, 0.1) is 0 Å². The molecule has 3 nitrogen and oxygen atoms in total. The van der Waals surface area contributed by atoms with Crippen LogP contribution in [0.25, 0.3) is 0 Å². The van der Waals surface area contributed by atoms with Crippen LogP contribution in [-0.4, -0.2) is 22.4 Å². The maximum absolute atomic E-state index is 11.7. The standard InChI is InChI=1S/C12H15BrN2OS/c1-8-6-12(7-17-8,11(14)16)15-10-5-3-2-4-9(10)13/h2-5,8,15H,6-7H2,1H3,(H2,14,16). The van der Waals surface area contributed by atoms with E-state index in [1.807, 2.05) is 24.3 Å². The molecule has 2 unspecified atom stereocenters. The summed E-state index contributed by atoms with van der Waals surface area (Å²) in [6, 6.07) is 7.77. The van der Waals surface area contributed by atoms with Crippen LogP contribution in [0.15, 0.2) is 28.7 Å². The van der Waals surface area contributed by atoms with E-state index in [1.54, 1.807) is 11.8 Å². The fourth-order valence-electron chi connectivity index (χ4n) is 2.03. The Hall–Kier alpha value is -0.680. The monoisotopic (exact) mass is 314 g/mol. The van der Waals surface area contributed by atoms with Gasteiger partial charge in [0.1, 0.15) is 5.54 Å². The minimum absolute atomic E-state index is 0.273. The first kappa shape index (κ1) is 12.8. The molecule has 1 heterocycles. The van der Waals surface area contributed by atoms with E-state index in [0.717, 1.165) is 22.3 Å². The molecular weight excluding hydrogens is 300 g/mol. The molecule has 0 saturated carbocycles. The molecule has 3 N–H and O–H groups in total. The molecule has 0 bridgehead atoms. The number of amides is 1. The first-order valence-corrected chi connectivity index (χ1v) is 7.32. The Balaban J connectivity index is 2.26. The van der Waals surface area contributed by atoms with Crippen molar-refractivity contribution in [2.24, 2.45) is 5.73 Å². The van der Waals surface area contributed by atoms with Crippen molar-refractivity contribution in [2.75, 3.05) is 11.1 Å². The normalized spacial score (nSPS) is 28.0. The van der Waals surface area contributed by atoms with Crippen molar-refractivity contribution >= 4 is 39.3 Å². The van der Waals surface area contributed by atoms with Crippen molar-refractivity contribution in [3.63, 3.8) is 0 Å². The van der Waals surface area contributed by atoms with Crippen LogP contribution >= 0.6 is 27.7 Å². The molecule has 1 aromatic rings. The number of carbonyl (C=O) groups is 1. The SMILES string of the molecule is CC1CC(Nc2ccccc2Br)(C(N)=O)CS1. The van der Waals surface area contributed by atoms with Gasteiger partial charge in [0.2, 0.25) is 5.91 Å². The molecule has 0 spiro atoms. The number of halogens is 1. The second-order valence-electron chi connectivity index (χ2n) is 4.38. The third-order valence-corrected chi connectivity index (χ3v) is 5.06. The topological polar surface area (TPSA) is 55.1 Å². The first-order chi connectivity index (χ1) is 8.03. The fraction of sp³-hybridized carbons (Fsp3) is 0.417. The van der Waals surface area contributed by atoms with Crippen LogP contribution < -0.4 is 11.1 Å². The van der Waals surface area contributed by atoms with Gasteiger partial charge in [-0.3, -0.25) is 4.79 Å². The Morgan fingerprint density at radius 2 is 2.29 bits per heavy atom. The van der Waals surface area contributed by atoms with Crippen LogP contribution in [0.5, 0.6) is 0 Å². The molecule has 92 valence electrons. The highest BCUT2D eigenvalue weighted by Crippen LogP contribution is 2.38. The molecule has 1 saturated heterocycles. The maximum atomic E-state index is 11.7. The number of hydrogen-bond acceptors (Lipinski definition) is 3. The zero-order valence-corrected chi connectivity index (χ0v) is 12.0. The second-order valence-corrected chi connectivity index (χ2v) is 6.66. The number of rotatable bonds is 3. The molecule has 1 fully saturated rings. The summed E-state index contributed by atoms with van der Waals surface area (Å²) in [5.41, 5.74) is 5.86. The van der Waals surface area contributed by atoms with Crippen molar-refractivity contribution in [1.29, 1.82) is 0 Å². The lowest BCUT2D eigenvalue weighted by molar-refractivity contribution is -0.121. The fourth-order valence-corrected chi connectivity index (χ4v) is 3.72. The predicted octanol–water partition coefficient (Wildman–Crippen LogP) is 2.61. The van der Waals surface area contributed by atoms with E-state index in [-0.39, 0.29) is 5.91 Å². The molecule has 1 amide bonds. The van der Waals surface area contributed by atoms with E-state index in [9.17, 15) is 4.79 Å². The van der Waals surface area contributed by atoms with Crippen LogP contribution in [-0.2, 0) is 4.79 Å². The summed E-state index contributed by atoms with van der Waals surface area (Å²) in [7, 11) is 0. The van der Waals surface area contributed by atoms with Gasteiger partial charge in [-0.1, -0.05) is 19.1 Å². The molecule has 1 aromatic carbocycles. The Morgan fingerprint density at radius 3 is 2.82 bits per heavy atom. The molecule has 0 aromatic heterocycles. The third-order valence-electron chi connectivity index (χ3n) is 2.97. The van der Waals surface area contributed by atoms with Gasteiger partial charge in [-0.15, -0.1) is 0 Å². The summed E-state index contributed by atoms with van der Waals surface area (Å²) in [6.45, 7) is 2.12. The van der Waals surface area contributed by atoms with Crippen molar-refractivity contribution in [1.82, 2.24) is 0 Å². The van der Waals surface area contributed by atoms with E-state index >= 15 is 0 Å². The number of primary amides is 1. The third kappa shape index (κ3) is 2.60. The number of para-hydroxylation sites is 1. The number of thioether (sulfide) groups is 1. The minimum Gasteiger partial charge on any atom is -0.370 e. The Bertz CT molecular complexity index is 440. The molecule has 0 radical (unpaired) electrons. The van der Waals surface area contributed by atoms with E-state index in [4.69, 9.17) is 5.73 Å². The zero-order valence-electron chi connectivity index (χ0n) is 9.57. The average Bonchev–Trinajstić information content (AvgIpc) is 2.65.